The molecule has 0 saturated heterocycles. The molecule has 2 atom stereocenters. The fourth-order valence-corrected chi connectivity index (χ4v) is 2.26. The average Bonchev–Trinajstić information content (AvgIpc) is 2.79. The molecule has 0 amide bonds. The highest BCUT2D eigenvalue weighted by Crippen LogP contribution is 2.20. The number of rotatable bonds is 6. The number of nitrogens with one attached hydrogen (secondary N) is 1. The summed E-state index contributed by atoms with van der Waals surface area (Å²) < 4.78 is 5.02. The zero-order valence-corrected chi connectivity index (χ0v) is 11.5. The number of guanidine groups is 1. The van der Waals surface area contributed by atoms with Gasteiger partial charge in [-0.2, -0.15) is 0 Å². The highest BCUT2D eigenvalue weighted by atomic mass is 32.1. The van der Waals surface area contributed by atoms with Crippen LogP contribution >= 0.6 is 11.3 Å². The quantitative estimate of drug-likeness (QED) is 0.602. The van der Waals surface area contributed by atoms with Crippen LogP contribution in [-0.2, 0) is 4.74 Å². The fourth-order valence-electron chi connectivity index (χ4n) is 1.49. The van der Waals surface area contributed by atoms with Crippen molar-refractivity contribution in [1.29, 1.82) is 0 Å². The van der Waals surface area contributed by atoms with E-state index < -0.39 is 0 Å². The van der Waals surface area contributed by atoms with Crippen molar-refractivity contribution in [3.05, 3.63) is 22.4 Å². The Kier molecular flexibility index (Phi) is 6.00. The van der Waals surface area contributed by atoms with Gasteiger partial charge in [-0.25, -0.2) is 0 Å². The molecule has 1 aromatic rings. The molecule has 0 fully saturated rings. The molecule has 96 valence electrons. The Bertz CT molecular complexity index is 338. The van der Waals surface area contributed by atoms with Crippen molar-refractivity contribution in [2.24, 2.45) is 10.7 Å². The number of hydrogen-bond donors (Lipinski definition) is 2. The number of nitrogens with two attached hydrogens (primary N) is 1. The maximum atomic E-state index is 5.79. The minimum atomic E-state index is 0.181. The summed E-state index contributed by atoms with van der Waals surface area (Å²) in [7, 11) is 1.67. The van der Waals surface area contributed by atoms with Crippen molar-refractivity contribution in [2.75, 3.05) is 20.3 Å². The molecule has 0 aliphatic heterocycles. The Labute approximate surface area is 107 Å². The van der Waals surface area contributed by atoms with E-state index in [9.17, 15) is 0 Å². The number of nitrogens with zero attached hydrogens (tertiary/aromatic N) is 1. The maximum absolute atomic E-state index is 5.79. The summed E-state index contributed by atoms with van der Waals surface area (Å²) in [6, 6.07) is 4.37. The predicted molar refractivity (Wildman–Crippen MR) is 73.7 cm³/mol. The van der Waals surface area contributed by atoms with E-state index in [2.05, 4.69) is 34.7 Å². The van der Waals surface area contributed by atoms with Crippen LogP contribution in [0, 0.1) is 0 Å². The van der Waals surface area contributed by atoms with Crippen molar-refractivity contribution < 1.29 is 4.74 Å². The van der Waals surface area contributed by atoms with Gasteiger partial charge in [0.1, 0.15) is 0 Å². The van der Waals surface area contributed by atoms with Gasteiger partial charge in [-0.1, -0.05) is 13.0 Å². The third-order valence-electron chi connectivity index (χ3n) is 2.38. The zero-order chi connectivity index (χ0) is 12.7. The second kappa shape index (κ2) is 7.29. The number of methoxy groups -OCH3 is 1. The molecular formula is C12H21N3OS. The van der Waals surface area contributed by atoms with Crippen LogP contribution < -0.4 is 11.1 Å². The van der Waals surface area contributed by atoms with Gasteiger partial charge >= 0.3 is 0 Å². The molecule has 1 aromatic heterocycles. The van der Waals surface area contributed by atoms with E-state index in [-0.39, 0.29) is 6.04 Å². The largest absolute Gasteiger partial charge is 0.383 e. The van der Waals surface area contributed by atoms with Gasteiger partial charge < -0.3 is 15.8 Å². The van der Waals surface area contributed by atoms with E-state index >= 15 is 0 Å². The molecular weight excluding hydrogens is 234 g/mol. The van der Waals surface area contributed by atoms with Crippen LogP contribution in [-0.4, -0.2) is 32.3 Å². The lowest BCUT2D eigenvalue weighted by Gasteiger charge is -2.14. The summed E-state index contributed by atoms with van der Waals surface area (Å²) in [5.74, 6) is 0.894. The van der Waals surface area contributed by atoms with E-state index in [1.165, 1.54) is 4.88 Å². The first-order chi connectivity index (χ1) is 8.13. The average molecular weight is 255 g/mol. The lowest BCUT2D eigenvalue weighted by Crippen LogP contribution is -2.40. The Morgan fingerprint density at radius 3 is 2.94 bits per heavy atom. The molecule has 2 unspecified atom stereocenters. The van der Waals surface area contributed by atoms with Gasteiger partial charge in [0.25, 0.3) is 0 Å². The van der Waals surface area contributed by atoms with Crippen molar-refractivity contribution in [3.63, 3.8) is 0 Å². The maximum Gasteiger partial charge on any atom is 0.188 e. The summed E-state index contributed by atoms with van der Waals surface area (Å²) in [5.41, 5.74) is 5.79. The summed E-state index contributed by atoms with van der Waals surface area (Å²) in [5, 5.41) is 5.17. The summed E-state index contributed by atoms with van der Waals surface area (Å²) in [6.07, 6.45) is 0. The topological polar surface area (TPSA) is 59.6 Å². The third-order valence-corrected chi connectivity index (χ3v) is 3.48. The van der Waals surface area contributed by atoms with Gasteiger partial charge in [0.15, 0.2) is 5.96 Å². The van der Waals surface area contributed by atoms with E-state index in [1.807, 2.05) is 6.92 Å². The Morgan fingerprint density at radius 2 is 2.35 bits per heavy atom. The lowest BCUT2D eigenvalue weighted by molar-refractivity contribution is 0.179. The minimum Gasteiger partial charge on any atom is -0.383 e. The van der Waals surface area contributed by atoms with Gasteiger partial charge in [-0.15, -0.1) is 11.3 Å². The molecule has 0 spiro atoms. The van der Waals surface area contributed by atoms with E-state index in [1.54, 1.807) is 18.4 Å². The van der Waals surface area contributed by atoms with Crippen molar-refractivity contribution in [2.45, 2.75) is 25.8 Å². The van der Waals surface area contributed by atoms with Gasteiger partial charge in [0.2, 0.25) is 0 Å². The van der Waals surface area contributed by atoms with E-state index in [0.717, 1.165) is 0 Å². The van der Waals surface area contributed by atoms with Gasteiger partial charge in [0, 0.05) is 23.9 Å². The molecule has 0 saturated carbocycles. The molecule has 0 aliphatic rings. The van der Waals surface area contributed by atoms with Crippen molar-refractivity contribution in [3.8, 4) is 0 Å². The smallest absolute Gasteiger partial charge is 0.188 e. The summed E-state index contributed by atoms with van der Waals surface area (Å²) in [4.78, 5) is 5.68. The first kappa shape index (κ1) is 14.0. The van der Waals surface area contributed by atoms with Crippen LogP contribution in [0.15, 0.2) is 22.5 Å². The van der Waals surface area contributed by atoms with Gasteiger partial charge in [0.05, 0.1) is 13.2 Å². The van der Waals surface area contributed by atoms with Crippen LogP contribution in [0.2, 0.25) is 0 Å². The fraction of sp³-hybridized carbons (Fsp3) is 0.583. The molecule has 5 heteroatoms. The Morgan fingerprint density at radius 1 is 1.59 bits per heavy atom. The normalized spacial score (nSPS) is 15.6. The number of thiophene rings is 1. The second-order valence-electron chi connectivity index (χ2n) is 4.14. The molecule has 0 bridgehead atoms. The first-order valence-electron chi connectivity index (χ1n) is 5.72. The predicted octanol–water partition coefficient (Wildman–Crippen LogP) is 1.79. The van der Waals surface area contributed by atoms with E-state index in [0.29, 0.717) is 25.0 Å². The highest BCUT2D eigenvalue weighted by Gasteiger charge is 2.06. The standard InChI is InChI=1S/C12H21N3OS/c1-9(11-5-4-6-17-11)7-14-12(13)15-10(2)8-16-3/h4-6,9-10H,7-8H2,1-3H3,(H3,13,14,15). The summed E-state index contributed by atoms with van der Waals surface area (Å²) in [6.45, 7) is 5.49. The SMILES string of the molecule is COCC(C)NC(N)=NCC(C)c1cccs1. The molecule has 4 nitrogen and oxygen atoms in total. The van der Waals surface area contributed by atoms with E-state index in [4.69, 9.17) is 10.5 Å². The number of ether oxygens (including phenoxy) is 1. The third kappa shape index (κ3) is 5.19. The second-order valence-corrected chi connectivity index (χ2v) is 5.12. The number of aliphatic imine (C=N–C) groups is 1. The molecule has 0 radical (unpaired) electrons. The molecule has 17 heavy (non-hydrogen) atoms. The van der Waals surface area contributed by atoms with Crippen molar-refractivity contribution in [1.82, 2.24) is 5.32 Å². The Balaban J connectivity index is 2.37. The lowest BCUT2D eigenvalue weighted by atomic mass is 10.1. The molecule has 1 rings (SSSR count). The molecule has 0 aromatic carbocycles. The van der Waals surface area contributed by atoms with Crippen LogP contribution in [0.1, 0.15) is 24.6 Å². The molecule has 3 N–H and O–H groups in total. The number of hydrogen-bond acceptors (Lipinski definition) is 3. The Hall–Kier alpha value is -1.07. The minimum absolute atomic E-state index is 0.181. The van der Waals surface area contributed by atoms with Crippen LogP contribution in [0.3, 0.4) is 0 Å². The van der Waals surface area contributed by atoms with Crippen LogP contribution in [0.5, 0.6) is 0 Å². The van der Waals surface area contributed by atoms with Crippen molar-refractivity contribution >= 4 is 17.3 Å². The van der Waals surface area contributed by atoms with Gasteiger partial charge in [-0.3, -0.25) is 4.99 Å². The highest BCUT2D eigenvalue weighted by molar-refractivity contribution is 7.10. The van der Waals surface area contributed by atoms with Crippen LogP contribution in [0.25, 0.3) is 0 Å². The summed E-state index contributed by atoms with van der Waals surface area (Å²) >= 11 is 1.75. The molecule has 1 heterocycles. The molecule has 0 aliphatic carbocycles. The zero-order valence-electron chi connectivity index (χ0n) is 10.6. The van der Waals surface area contributed by atoms with Crippen LogP contribution in [0.4, 0.5) is 0 Å². The monoisotopic (exact) mass is 255 g/mol. The van der Waals surface area contributed by atoms with Gasteiger partial charge in [-0.05, 0) is 18.4 Å². The first-order valence-corrected chi connectivity index (χ1v) is 6.60.